The van der Waals surface area contributed by atoms with Crippen LogP contribution >= 0.6 is 24.8 Å². The Labute approximate surface area is 193 Å². The first kappa shape index (κ1) is 24.9. The second-order valence-corrected chi connectivity index (χ2v) is 7.33. The van der Waals surface area contributed by atoms with Crippen LogP contribution in [0.5, 0.6) is 0 Å². The fraction of sp³-hybridized carbons (Fsp3) is 0.381. The number of carbonyl (C=O) groups is 1. The summed E-state index contributed by atoms with van der Waals surface area (Å²) in [7, 11) is 0. The predicted octanol–water partition coefficient (Wildman–Crippen LogP) is 3.46. The standard InChI is InChI=1S/C21H25N5O3.2ClH/c1-14-3-5-16(6-4-14)19-23-20(29-24-19)15(2)25-7-9-26(10-8-25)21(27)17-11-18(12-22)28-13-17;;/h3-6,11,13,15H,7-10,12,22H2,1-2H3;2*1H. The molecule has 2 aromatic heterocycles. The number of benzene rings is 1. The van der Waals surface area contributed by atoms with Crippen molar-refractivity contribution in [3.8, 4) is 11.4 Å². The number of aryl methyl sites for hydroxylation is 1. The fourth-order valence-electron chi connectivity index (χ4n) is 3.48. The number of aromatic nitrogens is 2. The molecule has 0 spiro atoms. The third-order valence-electron chi connectivity index (χ3n) is 5.36. The molecule has 2 N–H and O–H groups in total. The molecular weight excluding hydrogens is 441 g/mol. The molecule has 0 aliphatic carbocycles. The molecule has 0 bridgehead atoms. The van der Waals surface area contributed by atoms with Crippen molar-refractivity contribution in [2.75, 3.05) is 26.2 Å². The van der Waals surface area contributed by atoms with E-state index in [0.29, 0.717) is 36.1 Å². The Morgan fingerprint density at radius 1 is 1.16 bits per heavy atom. The molecule has 31 heavy (non-hydrogen) atoms. The molecule has 4 rings (SSSR count). The normalized spacial score (nSPS) is 15.1. The van der Waals surface area contributed by atoms with Crippen molar-refractivity contribution in [3.63, 3.8) is 0 Å². The number of rotatable bonds is 5. The Hall–Kier alpha value is -2.39. The molecule has 8 nitrogen and oxygen atoms in total. The van der Waals surface area contributed by atoms with Crippen LogP contribution in [0.1, 0.15) is 40.5 Å². The van der Waals surface area contributed by atoms with E-state index in [4.69, 9.17) is 14.7 Å². The van der Waals surface area contributed by atoms with Gasteiger partial charge in [-0.25, -0.2) is 0 Å². The number of amides is 1. The Kier molecular flexibility index (Phi) is 8.64. The van der Waals surface area contributed by atoms with E-state index >= 15 is 0 Å². The first-order chi connectivity index (χ1) is 14.0. The van der Waals surface area contributed by atoms with E-state index in [9.17, 15) is 4.79 Å². The van der Waals surface area contributed by atoms with Crippen LogP contribution < -0.4 is 5.73 Å². The molecule has 1 aromatic carbocycles. The minimum absolute atomic E-state index is 0. The van der Waals surface area contributed by atoms with Crippen LogP contribution in [0.4, 0.5) is 0 Å². The van der Waals surface area contributed by atoms with Gasteiger partial charge in [0.15, 0.2) is 0 Å². The topological polar surface area (TPSA) is 102 Å². The lowest BCUT2D eigenvalue weighted by Crippen LogP contribution is -2.49. The maximum absolute atomic E-state index is 12.6. The molecule has 1 aliphatic rings. The van der Waals surface area contributed by atoms with Gasteiger partial charge in [-0.3, -0.25) is 9.69 Å². The summed E-state index contributed by atoms with van der Waals surface area (Å²) in [5.74, 6) is 1.76. The van der Waals surface area contributed by atoms with Crippen LogP contribution in [0.2, 0.25) is 0 Å². The molecule has 1 aliphatic heterocycles. The molecule has 1 unspecified atom stereocenters. The second kappa shape index (κ2) is 10.8. The summed E-state index contributed by atoms with van der Waals surface area (Å²) in [5, 5.41) is 4.13. The molecule has 168 valence electrons. The van der Waals surface area contributed by atoms with Crippen LogP contribution in [0.25, 0.3) is 11.4 Å². The van der Waals surface area contributed by atoms with Crippen molar-refractivity contribution in [1.29, 1.82) is 0 Å². The Balaban J connectivity index is 0.00000171. The van der Waals surface area contributed by atoms with E-state index in [2.05, 4.69) is 15.0 Å². The van der Waals surface area contributed by atoms with E-state index in [1.54, 1.807) is 6.07 Å². The zero-order valence-electron chi connectivity index (χ0n) is 17.5. The highest BCUT2D eigenvalue weighted by atomic mass is 35.5. The van der Waals surface area contributed by atoms with Gasteiger partial charge in [0, 0.05) is 31.7 Å². The number of halogens is 2. The maximum atomic E-state index is 12.6. The number of piperazine rings is 1. The molecule has 3 aromatic rings. The Morgan fingerprint density at radius 2 is 1.84 bits per heavy atom. The average Bonchev–Trinajstić information content (AvgIpc) is 3.43. The number of nitrogens with two attached hydrogens (primary N) is 1. The van der Waals surface area contributed by atoms with Gasteiger partial charge in [0.05, 0.1) is 18.2 Å². The molecular formula is C21H27Cl2N5O3. The summed E-state index contributed by atoms with van der Waals surface area (Å²) in [6, 6.07) is 9.73. The van der Waals surface area contributed by atoms with E-state index in [-0.39, 0.29) is 43.3 Å². The summed E-state index contributed by atoms with van der Waals surface area (Å²) in [6.45, 7) is 7.10. The van der Waals surface area contributed by atoms with Gasteiger partial charge < -0.3 is 19.6 Å². The lowest BCUT2D eigenvalue weighted by Gasteiger charge is -2.36. The Morgan fingerprint density at radius 3 is 2.45 bits per heavy atom. The first-order valence-corrected chi connectivity index (χ1v) is 9.76. The monoisotopic (exact) mass is 467 g/mol. The molecule has 1 fully saturated rings. The average molecular weight is 468 g/mol. The summed E-state index contributed by atoms with van der Waals surface area (Å²) in [5.41, 5.74) is 8.22. The van der Waals surface area contributed by atoms with E-state index < -0.39 is 0 Å². The van der Waals surface area contributed by atoms with E-state index in [0.717, 1.165) is 18.7 Å². The third kappa shape index (κ3) is 5.46. The lowest BCUT2D eigenvalue weighted by molar-refractivity contribution is 0.0551. The molecule has 1 amide bonds. The summed E-state index contributed by atoms with van der Waals surface area (Å²) < 4.78 is 10.8. The van der Waals surface area contributed by atoms with Gasteiger partial charge in [0.2, 0.25) is 11.7 Å². The van der Waals surface area contributed by atoms with E-state index in [1.165, 1.54) is 11.8 Å². The largest absolute Gasteiger partial charge is 0.467 e. The molecule has 1 atom stereocenters. The highest BCUT2D eigenvalue weighted by molar-refractivity contribution is 5.94. The van der Waals surface area contributed by atoms with Gasteiger partial charge in [-0.1, -0.05) is 35.0 Å². The predicted molar refractivity (Wildman–Crippen MR) is 121 cm³/mol. The number of furan rings is 1. The smallest absolute Gasteiger partial charge is 0.257 e. The fourth-order valence-corrected chi connectivity index (χ4v) is 3.48. The molecule has 0 radical (unpaired) electrons. The first-order valence-electron chi connectivity index (χ1n) is 9.76. The number of nitrogens with zero attached hydrogens (tertiary/aromatic N) is 4. The van der Waals surface area contributed by atoms with Crippen LogP contribution in [0, 0.1) is 6.92 Å². The zero-order valence-corrected chi connectivity index (χ0v) is 19.1. The minimum Gasteiger partial charge on any atom is -0.467 e. The van der Waals surface area contributed by atoms with Gasteiger partial charge in [0.25, 0.3) is 5.91 Å². The third-order valence-corrected chi connectivity index (χ3v) is 5.36. The van der Waals surface area contributed by atoms with Crippen LogP contribution in [-0.4, -0.2) is 52.0 Å². The molecule has 1 saturated heterocycles. The van der Waals surface area contributed by atoms with Crippen molar-refractivity contribution in [2.45, 2.75) is 26.4 Å². The van der Waals surface area contributed by atoms with Crippen LogP contribution in [0.15, 0.2) is 45.5 Å². The second-order valence-electron chi connectivity index (χ2n) is 7.33. The van der Waals surface area contributed by atoms with Crippen LogP contribution in [-0.2, 0) is 6.54 Å². The molecule has 0 saturated carbocycles. The molecule has 10 heteroatoms. The maximum Gasteiger partial charge on any atom is 0.257 e. The van der Waals surface area contributed by atoms with Crippen LogP contribution in [0.3, 0.4) is 0 Å². The number of hydrogen-bond acceptors (Lipinski definition) is 7. The summed E-state index contributed by atoms with van der Waals surface area (Å²) in [4.78, 5) is 21.3. The zero-order chi connectivity index (χ0) is 20.4. The minimum atomic E-state index is -0.0276. The summed E-state index contributed by atoms with van der Waals surface area (Å²) in [6.07, 6.45) is 1.48. The highest BCUT2D eigenvalue weighted by Gasteiger charge is 2.28. The van der Waals surface area contributed by atoms with Crippen molar-refractivity contribution < 1.29 is 13.7 Å². The van der Waals surface area contributed by atoms with Gasteiger partial charge in [0.1, 0.15) is 12.0 Å². The van der Waals surface area contributed by atoms with Gasteiger partial charge in [-0.2, -0.15) is 4.98 Å². The lowest BCUT2D eigenvalue weighted by atomic mass is 10.1. The van der Waals surface area contributed by atoms with Gasteiger partial charge in [-0.15, -0.1) is 24.8 Å². The molecule has 3 heterocycles. The quantitative estimate of drug-likeness (QED) is 0.612. The van der Waals surface area contributed by atoms with Crippen molar-refractivity contribution in [2.24, 2.45) is 5.73 Å². The van der Waals surface area contributed by atoms with E-state index in [1.807, 2.05) is 43.0 Å². The highest BCUT2D eigenvalue weighted by Crippen LogP contribution is 2.24. The van der Waals surface area contributed by atoms with Gasteiger partial charge >= 0.3 is 0 Å². The Bertz CT molecular complexity index is 981. The SMILES string of the molecule is Cc1ccc(-c2noc(C(C)N3CCN(C(=O)c4coc(CN)c4)CC3)n2)cc1.Cl.Cl. The number of hydrogen-bond donors (Lipinski definition) is 1. The van der Waals surface area contributed by atoms with Gasteiger partial charge in [-0.05, 0) is 19.9 Å². The van der Waals surface area contributed by atoms with Crippen molar-refractivity contribution in [1.82, 2.24) is 19.9 Å². The van der Waals surface area contributed by atoms with Crippen molar-refractivity contribution in [3.05, 3.63) is 59.4 Å². The summed E-state index contributed by atoms with van der Waals surface area (Å²) >= 11 is 0. The van der Waals surface area contributed by atoms with Crippen molar-refractivity contribution >= 4 is 30.7 Å². The number of carbonyl (C=O) groups excluding carboxylic acids is 1.